The number of ether oxygens (including phenoxy) is 1. The molecule has 0 aliphatic heterocycles. The maximum atomic E-state index is 12.2. The standard InChI is InChI=1S/C19H21NO3/c1-12-13(2)18(23-4)10-7-16(12)11-19(22)20-17-8-5-15(6-9-17)14(3)21/h5-10H,11H2,1-4H3,(H,20,22). The van der Waals surface area contributed by atoms with E-state index in [2.05, 4.69) is 5.32 Å². The topological polar surface area (TPSA) is 55.4 Å². The quantitative estimate of drug-likeness (QED) is 0.857. The first-order valence-electron chi connectivity index (χ1n) is 7.46. The van der Waals surface area contributed by atoms with Crippen LogP contribution in [0.25, 0.3) is 0 Å². The van der Waals surface area contributed by atoms with E-state index in [1.807, 2.05) is 26.0 Å². The highest BCUT2D eigenvalue weighted by atomic mass is 16.5. The van der Waals surface area contributed by atoms with E-state index in [-0.39, 0.29) is 11.7 Å². The summed E-state index contributed by atoms with van der Waals surface area (Å²) in [7, 11) is 1.64. The largest absolute Gasteiger partial charge is 0.496 e. The number of nitrogens with one attached hydrogen (secondary N) is 1. The van der Waals surface area contributed by atoms with Crippen molar-refractivity contribution >= 4 is 17.4 Å². The molecular weight excluding hydrogens is 290 g/mol. The summed E-state index contributed by atoms with van der Waals surface area (Å²) in [6.07, 6.45) is 0.297. The van der Waals surface area contributed by atoms with Crippen LogP contribution in [0.15, 0.2) is 36.4 Å². The third kappa shape index (κ3) is 3.97. The van der Waals surface area contributed by atoms with Crippen LogP contribution >= 0.6 is 0 Å². The number of benzene rings is 2. The highest BCUT2D eigenvalue weighted by Crippen LogP contribution is 2.24. The summed E-state index contributed by atoms with van der Waals surface area (Å²) >= 11 is 0. The summed E-state index contributed by atoms with van der Waals surface area (Å²) in [6.45, 7) is 5.49. The minimum Gasteiger partial charge on any atom is -0.496 e. The van der Waals surface area contributed by atoms with Crippen molar-refractivity contribution in [3.63, 3.8) is 0 Å². The van der Waals surface area contributed by atoms with Crippen LogP contribution in [0.5, 0.6) is 5.75 Å². The molecule has 0 aromatic heterocycles. The Kier molecular flexibility index (Phi) is 5.16. The molecule has 0 spiro atoms. The molecule has 2 aromatic rings. The molecule has 0 aliphatic carbocycles. The summed E-state index contributed by atoms with van der Waals surface area (Å²) < 4.78 is 5.28. The Labute approximate surface area is 136 Å². The van der Waals surface area contributed by atoms with Crippen LogP contribution in [0.3, 0.4) is 0 Å². The number of carbonyl (C=O) groups excluding carboxylic acids is 2. The van der Waals surface area contributed by atoms with Gasteiger partial charge in [0.1, 0.15) is 5.75 Å². The van der Waals surface area contributed by atoms with E-state index in [1.165, 1.54) is 6.92 Å². The summed E-state index contributed by atoms with van der Waals surface area (Å²) in [5, 5.41) is 2.85. The number of ketones is 1. The molecule has 1 amide bonds. The van der Waals surface area contributed by atoms with E-state index in [0.29, 0.717) is 17.7 Å². The molecule has 4 nitrogen and oxygen atoms in total. The van der Waals surface area contributed by atoms with Gasteiger partial charge in [-0.2, -0.15) is 0 Å². The summed E-state index contributed by atoms with van der Waals surface area (Å²) in [6, 6.07) is 10.7. The normalized spacial score (nSPS) is 10.3. The highest BCUT2D eigenvalue weighted by molar-refractivity contribution is 5.96. The Balaban J connectivity index is 2.08. The van der Waals surface area contributed by atoms with E-state index in [1.54, 1.807) is 31.4 Å². The molecule has 0 heterocycles. The van der Waals surface area contributed by atoms with Crippen molar-refractivity contribution in [2.24, 2.45) is 0 Å². The second-order valence-corrected chi connectivity index (χ2v) is 5.54. The van der Waals surface area contributed by atoms with E-state index in [4.69, 9.17) is 4.74 Å². The lowest BCUT2D eigenvalue weighted by Gasteiger charge is -2.12. The first kappa shape index (κ1) is 16.7. The molecule has 0 fully saturated rings. The number of Topliss-reactive ketones (excluding diaryl/α,β-unsaturated/α-hetero) is 1. The van der Waals surface area contributed by atoms with Crippen LogP contribution in [-0.2, 0) is 11.2 Å². The second kappa shape index (κ2) is 7.09. The molecule has 0 unspecified atom stereocenters. The van der Waals surface area contributed by atoms with Crippen molar-refractivity contribution in [3.8, 4) is 5.75 Å². The van der Waals surface area contributed by atoms with Gasteiger partial charge in [-0.05, 0) is 67.8 Å². The molecule has 23 heavy (non-hydrogen) atoms. The number of methoxy groups -OCH3 is 1. The molecule has 2 aromatic carbocycles. The van der Waals surface area contributed by atoms with Crippen LogP contribution < -0.4 is 10.1 Å². The van der Waals surface area contributed by atoms with Crippen molar-refractivity contribution in [3.05, 3.63) is 58.7 Å². The third-order valence-electron chi connectivity index (χ3n) is 4.00. The van der Waals surface area contributed by atoms with Gasteiger partial charge in [-0.3, -0.25) is 9.59 Å². The monoisotopic (exact) mass is 311 g/mol. The Hall–Kier alpha value is -2.62. The first-order valence-corrected chi connectivity index (χ1v) is 7.46. The third-order valence-corrected chi connectivity index (χ3v) is 4.00. The van der Waals surface area contributed by atoms with Crippen molar-refractivity contribution in [1.29, 1.82) is 0 Å². The number of hydrogen-bond acceptors (Lipinski definition) is 3. The molecule has 0 saturated heterocycles. The van der Waals surface area contributed by atoms with Crippen LogP contribution in [0, 0.1) is 13.8 Å². The van der Waals surface area contributed by atoms with E-state index < -0.39 is 0 Å². The molecule has 4 heteroatoms. The molecule has 0 radical (unpaired) electrons. The van der Waals surface area contributed by atoms with E-state index >= 15 is 0 Å². The zero-order valence-electron chi connectivity index (χ0n) is 13.9. The average Bonchev–Trinajstić information content (AvgIpc) is 2.52. The fraction of sp³-hybridized carbons (Fsp3) is 0.263. The maximum absolute atomic E-state index is 12.2. The van der Waals surface area contributed by atoms with Crippen LogP contribution in [-0.4, -0.2) is 18.8 Å². The van der Waals surface area contributed by atoms with Gasteiger partial charge in [0.2, 0.25) is 5.91 Å². The molecule has 0 aliphatic rings. The van der Waals surface area contributed by atoms with Gasteiger partial charge in [0.15, 0.2) is 5.78 Å². The number of rotatable bonds is 5. The summed E-state index contributed by atoms with van der Waals surface area (Å²) in [5.41, 5.74) is 4.39. The second-order valence-electron chi connectivity index (χ2n) is 5.54. The zero-order chi connectivity index (χ0) is 17.0. The lowest BCUT2D eigenvalue weighted by atomic mass is 9.99. The van der Waals surface area contributed by atoms with Crippen LogP contribution in [0.1, 0.15) is 34.0 Å². The van der Waals surface area contributed by atoms with Crippen molar-refractivity contribution in [1.82, 2.24) is 0 Å². The van der Waals surface area contributed by atoms with Gasteiger partial charge < -0.3 is 10.1 Å². The minimum atomic E-state index is -0.0896. The Bertz CT molecular complexity index is 733. The van der Waals surface area contributed by atoms with E-state index in [9.17, 15) is 9.59 Å². The van der Waals surface area contributed by atoms with Crippen molar-refractivity contribution < 1.29 is 14.3 Å². The SMILES string of the molecule is COc1ccc(CC(=O)Nc2ccc(C(C)=O)cc2)c(C)c1C. The van der Waals surface area contributed by atoms with Crippen molar-refractivity contribution in [2.75, 3.05) is 12.4 Å². The zero-order valence-corrected chi connectivity index (χ0v) is 13.9. The predicted molar refractivity (Wildman–Crippen MR) is 91.2 cm³/mol. The molecule has 0 bridgehead atoms. The molecular formula is C19H21NO3. The maximum Gasteiger partial charge on any atom is 0.228 e. The summed E-state index contributed by atoms with van der Waals surface area (Å²) in [4.78, 5) is 23.5. The Morgan fingerprint density at radius 3 is 2.22 bits per heavy atom. The Morgan fingerprint density at radius 2 is 1.65 bits per heavy atom. The average molecular weight is 311 g/mol. The Morgan fingerprint density at radius 1 is 1.00 bits per heavy atom. The van der Waals surface area contributed by atoms with Gasteiger partial charge in [-0.1, -0.05) is 6.07 Å². The highest BCUT2D eigenvalue weighted by Gasteiger charge is 2.11. The molecule has 0 saturated carbocycles. The fourth-order valence-electron chi connectivity index (χ4n) is 2.43. The molecule has 1 N–H and O–H groups in total. The first-order chi connectivity index (χ1) is 10.9. The smallest absolute Gasteiger partial charge is 0.228 e. The number of hydrogen-bond donors (Lipinski definition) is 1. The van der Waals surface area contributed by atoms with Gasteiger partial charge in [0.05, 0.1) is 13.5 Å². The van der Waals surface area contributed by atoms with Gasteiger partial charge in [-0.25, -0.2) is 0 Å². The minimum absolute atomic E-state index is 0.00668. The fourth-order valence-corrected chi connectivity index (χ4v) is 2.43. The van der Waals surface area contributed by atoms with Gasteiger partial charge >= 0.3 is 0 Å². The van der Waals surface area contributed by atoms with Gasteiger partial charge in [0.25, 0.3) is 0 Å². The molecule has 2 rings (SSSR count). The van der Waals surface area contributed by atoms with Gasteiger partial charge in [-0.15, -0.1) is 0 Å². The lowest BCUT2D eigenvalue weighted by Crippen LogP contribution is -2.15. The predicted octanol–water partition coefficient (Wildman–Crippen LogP) is 3.70. The molecule has 120 valence electrons. The summed E-state index contributed by atoms with van der Waals surface area (Å²) in [5.74, 6) is 0.743. The number of amides is 1. The van der Waals surface area contributed by atoms with Crippen molar-refractivity contribution in [2.45, 2.75) is 27.2 Å². The van der Waals surface area contributed by atoms with Crippen LogP contribution in [0.2, 0.25) is 0 Å². The molecule has 0 atom stereocenters. The number of anilines is 1. The van der Waals surface area contributed by atoms with Gasteiger partial charge in [0, 0.05) is 11.3 Å². The van der Waals surface area contributed by atoms with Crippen LogP contribution in [0.4, 0.5) is 5.69 Å². The number of carbonyl (C=O) groups is 2. The lowest BCUT2D eigenvalue weighted by molar-refractivity contribution is -0.115. The van der Waals surface area contributed by atoms with E-state index in [0.717, 1.165) is 22.4 Å².